The molecule has 7 nitrogen and oxygen atoms in total. The van der Waals surface area contributed by atoms with Crippen molar-refractivity contribution < 1.29 is 24.2 Å². The number of rotatable bonds is 6. The van der Waals surface area contributed by atoms with Crippen LogP contribution in [0.3, 0.4) is 0 Å². The van der Waals surface area contributed by atoms with Crippen LogP contribution in [0, 0.1) is 0 Å². The number of nitrogens with zero attached hydrogens (tertiary/aromatic N) is 1. The number of amides is 3. The zero-order valence-corrected chi connectivity index (χ0v) is 15.6. The molecule has 0 bridgehead atoms. The maximum atomic E-state index is 12.8. The Kier molecular flexibility index (Phi) is 5.79. The Labute approximate surface area is 158 Å². The number of imide groups is 1. The lowest BCUT2D eigenvalue weighted by Gasteiger charge is -2.25. The molecule has 7 heteroatoms. The topological polar surface area (TPSA) is 95.9 Å². The Balaban J connectivity index is 1.55. The summed E-state index contributed by atoms with van der Waals surface area (Å²) in [7, 11) is 0. The van der Waals surface area contributed by atoms with Crippen molar-refractivity contribution in [3.8, 4) is 5.75 Å². The molecule has 2 fully saturated rings. The number of β-amino-alcohol motifs (C(OH)–C–C–N with tert-alkyl or cyclic N) is 1. The Bertz CT molecular complexity index is 708. The molecule has 1 saturated carbocycles. The van der Waals surface area contributed by atoms with Gasteiger partial charge >= 0.3 is 6.03 Å². The number of aliphatic hydroxyl groups excluding tert-OH is 1. The minimum absolute atomic E-state index is 0.0346. The second kappa shape index (κ2) is 8.08. The second-order valence-corrected chi connectivity index (χ2v) is 7.39. The van der Waals surface area contributed by atoms with Gasteiger partial charge in [0.25, 0.3) is 5.91 Å². The van der Waals surface area contributed by atoms with E-state index in [0.29, 0.717) is 24.2 Å². The van der Waals surface area contributed by atoms with Crippen LogP contribution in [0.25, 0.3) is 0 Å². The van der Waals surface area contributed by atoms with Crippen molar-refractivity contribution in [2.45, 2.75) is 57.1 Å². The van der Waals surface area contributed by atoms with Crippen molar-refractivity contribution in [2.75, 3.05) is 13.2 Å². The second-order valence-electron chi connectivity index (χ2n) is 7.39. The molecule has 1 aromatic carbocycles. The highest BCUT2D eigenvalue weighted by molar-refractivity contribution is 6.07. The quantitative estimate of drug-likeness (QED) is 0.588. The summed E-state index contributed by atoms with van der Waals surface area (Å²) in [5.41, 5.74) is -0.215. The van der Waals surface area contributed by atoms with Crippen molar-refractivity contribution in [2.24, 2.45) is 0 Å². The predicted molar refractivity (Wildman–Crippen MR) is 98.6 cm³/mol. The molecule has 1 spiro atoms. The number of hydrogen-bond acceptors (Lipinski definition) is 5. The van der Waals surface area contributed by atoms with E-state index in [-0.39, 0.29) is 24.8 Å². The molecule has 1 aromatic rings. The van der Waals surface area contributed by atoms with Crippen molar-refractivity contribution in [3.63, 3.8) is 0 Å². The monoisotopic (exact) mass is 374 g/mol. The maximum Gasteiger partial charge on any atom is 0.325 e. The minimum Gasteiger partial charge on any atom is -0.491 e. The SMILES string of the molecule is CC(=O)c1ccc(OCC(O)CN2C(=O)NC3(CCCCCC3)C2=O)cc1. The van der Waals surface area contributed by atoms with E-state index in [2.05, 4.69) is 5.32 Å². The molecule has 2 N–H and O–H groups in total. The summed E-state index contributed by atoms with van der Waals surface area (Å²) in [5.74, 6) is 0.239. The lowest BCUT2D eigenvalue weighted by Crippen LogP contribution is -2.47. The van der Waals surface area contributed by atoms with Crippen LogP contribution in [0.2, 0.25) is 0 Å². The number of Topliss-reactive ketones (excluding diaryl/α,β-unsaturated/α-hetero) is 1. The Morgan fingerprint density at radius 2 is 1.81 bits per heavy atom. The van der Waals surface area contributed by atoms with E-state index in [1.54, 1.807) is 24.3 Å². The first kappa shape index (κ1) is 19.4. The zero-order chi connectivity index (χ0) is 19.4. The van der Waals surface area contributed by atoms with Crippen LogP contribution in [-0.4, -0.2) is 52.5 Å². The molecule has 3 rings (SSSR count). The van der Waals surface area contributed by atoms with Crippen LogP contribution in [0.4, 0.5) is 4.79 Å². The molecule has 1 saturated heterocycles. The van der Waals surface area contributed by atoms with E-state index in [9.17, 15) is 19.5 Å². The summed E-state index contributed by atoms with van der Waals surface area (Å²) in [6.45, 7) is 1.33. The number of benzene rings is 1. The highest BCUT2D eigenvalue weighted by Crippen LogP contribution is 2.32. The highest BCUT2D eigenvalue weighted by Gasteiger charge is 2.50. The number of ketones is 1. The molecular weight excluding hydrogens is 348 g/mol. The van der Waals surface area contributed by atoms with Crippen LogP contribution in [0.5, 0.6) is 5.75 Å². The van der Waals surface area contributed by atoms with E-state index in [1.807, 2.05) is 0 Å². The smallest absolute Gasteiger partial charge is 0.325 e. The Morgan fingerprint density at radius 3 is 2.41 bits per heavy atom. The minimum atomic E-state index is -0.992. The van der Waals surface area contributed by atoms with Crippen LogP contribution >= 0.6 is 0 Å². The normalized spacial score (nSPS) is 20.3. The average Bonchev–Trinajstić information content (AvgIpc) is 2.82. The van der Waals surface area contributed by atoms with Crippen LogP contribution in [-0.2, 0) is 4.79 Å². The lowest BCUT2D eigenvalue weighted by molar-refractivity contribution is -0.132. The van der Waals surface area contributed by atoms with Gasteiger partial charge in [0, 0.05) is 5.56 Å². The van der Waals surface area contributed by atoms with Crippen molar-refractivity contribution in [3.05, 3.63) is 29.8 Å². The Morgan fingerprint density at radius 1 is 1.19 bits per heavy atom. The fourth-order valence-electron chi connectivity index (χ4n) is 3.75. The van der Waals surface area contributed by atoms with Crippen LogP contribution in [0.1, 0.15) is 55.8 Å². The molecule has 1 atom stereocenters. The maximum absolute atomic E-state index is 12.8. The van der Waals surface area contributed by atoms with Gasteiger partial charge in [-0.05, 0) is 44.0 Å². The lowest BCUT2D eigenvalue weighted by atomic mass is 9.90. The number of carbonyl (C=O) groups excluding carboxylic acids is 3. The molecule has 0 aromatic heterocycles. The first-order valence-corrected chi connectivity index (χ1v) is 9.47. The van der Waals surface area contributed by atoms with Crippen LogP contribution < -0.4 is 10.1 Å². The van der Waals surface area contributed by atoms with Gasteiger partial charge in [0.1, 0.15) is 24.0 Å². The summed E-state index contributed by atoms with van der Waals surface area (Å²) in [4.78, 5) is 37.5. The summed E-state index contributed by atoms with van der Waals surface area (Å²) < 4.78 is 5.51. The molecular formula is C20H26N2O5. The van der Waals surface area contributed by atoms with E-state index in [4.69, 9.17) is 4.74 Å². The van der Waals surface area contributed by atoms with Crippen molar-refractivity contribution in [1.82, 2.24) is 10.2 Å². The number of ether oxygens (including phenoxy) is 1. The molecule has 146 valence electrons. The average molecular weight is 374 g/mol. The van der Waals surface area contributed by atoms with Gasteiger partial charge in [-0.25, -0.2) is 4.79 Å². The first-order chi connectivity index (χ1) is 12.9. The first-order valence-electron chi connectivity index (χ1n) is 9.47. The molecule has 0 radical (unpaired) electrons. The molecule has 1 aliphatic carbocycles. The summed E-state index contributed by atoms with van der Waals surface area (Å²) in [5, 5.41) is 13.1. The predicted octanol–water partition coefficient (Wildman–Crippen LogP) is 2.27. The van der Waals surface area contributed by atoms with Gasteiger partial charge in [-0.2, -0.15) is 0 Å². The van der Waals surface area contributed by atoms with Crippen LogP contribution in [0.15, 0.2) is 24.3 Å². The molecule has 27 heavy (non-hydrogen) atoms. The number of hydrogen-bond donors (Lipinski definition) is 2. The number of aliphatic hydroxyl groups is 1. The van der Waals surface area contributed by atoms with Gasteiger partial charge in [-0.1, -0.05) is 25.7 Å². The molecule has 1 unspecified atom stereocenters. The zero-order valence-electron chi connectivity index (χ0n) is 15.6. The van der Waals surface area contributed by atoms with Crippen molar-refractivity contribution in [1.29, 1.82) is 0 Å². The van der Waals surface area contributed by atoms with E-state index < -0.39 is 17.7 Å². The van der Waals surface area contributed by atoms with Gasteiger partial charge in [-0.15, -0.1) is 0 Å². The van der Waals surface area contributed by atoms with Gasteiger partial charge in [-0.3, -0.25) is 14.5 Å². The van der Waals surface area contributed by atoms with Gasteiger partial charge in [0.05, 0.1) is 6.54 Å². The van der Waals surface area contributed by atoms with Gasteiger partial charge in [0.15, 0.2) is 5.78 Å². The third-order valence-corrected chi connectivity index (χ3v) is 5.30. The number of urea groups is 1. The Hall–Kier alpha value is -2.41. The summed E-state index contributed by atoms with van der Waals surface area (Å²) >= 11 is 0. The molecule has 1 heterocycles. The molecule has 2 aliphatic rings. The highest BCUT2D eigenvalue weighted by atomic mass is 16.5. The van der Waals surface area contributed by atoms with Gasteiger partial charge < -0.3 is 15.2 Å². The standard InChI is InChI=1S/C20H26N2O5/c1-14(23)15-6-8-17(9-7-15)27-13-16(24)12-22-18(25)20(21-19(22)26)10-4-2-3-5-11-20/h6-9,16,24H,2-5,10-13H2,1H3,(H,21,26). The number of carbonyl (C=O) groups is 3. The fourth-order valence-corrected chi connectivity index (χ4v) is 3.75. The fraction of sp³-hybridized carbons (Fsp3) is 0.550. The summed E-state index contributed by atoms with van der Waals surface area (Å²) in [6.07, 6.45) is 4.30. The van der Waals surface area contributed by atoms with Crippen molar-refractivity contribution >= 4 is 17.7 Å². The number of nitrogens with one attached hydrogen (secondary N) is 1. The molecule has 3 amide bonds. The van der Waals surface area contributed by atoms with E-state index >= 15 is 0 Å². The third kappa shape index (κ3) is 4.30. The van der Waals surface area contributed by atoms with E-state index in [0.717, 1.165) is 30.6 Å². The third-order valence-electron chi connectivity index (χ3n) is 5.30. The van der Waals surface area contributed by atoms with Gasteiger partial charge in [0.2, 0.25) is 0 Å². The largest absolute Gasteiger partial charge is 0.491 e. The molecule has 1 aliphatic heterocycles. The van der Waals surface area contributed by atoms with E-state index in [1.165, 1.54) is 6.92 Å². The summed E-state index contributed by atoms with van der Waals surface area (Å²) in [6, 6.07) is 6.16.